The van der Waals surface area contributed by atoms with E-state index in [0.29, 0.717) is 39.7 Å². The Morgan fingerprint density at radius 2 is 1.81 bits per heavy atom. The van der Waals surface area contributed by atoms with E-state index in [1.165, 1.54) is 0 Å². The molecule has 0 saturated heterocycles. The summed E-state index contributed by atoms with van der Waals surface area (Å²) in [6, 6.07) is 14.7. The van der Waals surface area contributed by atoms with Crippen molar-refractivity contribution in [2.75, 3.05) is 12.4 Å². The van der Waals surface area contributed by atoms with Gasteiger partial charge in [-0.15, -0.1) is 0 Å². The van der Waals surface area contributed by atoms with Crippen LogP contribution in [0.2, 0.25) is 5.02 Å². The summed E-state index contributed by atoms with van der Waals surface area (Å²) in [5.74, 6) is -0.233. The van der Waals surface area contributed by atoms with Crippen LogP contribution in [-0.2, 0) is 9.59 Å². The van der Waals surface area contributed by atoms with Crippen LogP contribution in [0.15, 0.2) is 71.1 Å². The van der Waals surface area contributed by atoms with E-state index < -0.39 is 5.92 Å². The van der Waals surface area contributed by atoms with Gasteiger partial charge in [-0.05, 0) is 42.5 Å². The molecule has 0 bridgehead atoms. The summed E-state index contributed by atoms with van der Waals surface area (Å²) in [4.78, 5) is 27.0. The van der Waals surface area contributed by atoms with Crippen LogP contribution >= 0.6 is 11.6 Å². The number of anilines is 1. The third-order valence-electron chi connectivity index (χ3n) is 6.06. The number of para-hydroxylation sites is 2. The normalized spacial score (nSPS) is 19.9. The molecule has 4 rings (SSSR count). The number of ether oxygens (including phenoxy) is 1. The molecule has 1 amide bonds. The number of dihydropyridines is 1. The zero-order chi connectivity index (χ0) is 23.0. The van der Waals surface area contributed by atoms with Gasteiger partial charge in [0.1, 0.15) is 5.75 Å². The van der Waals surface area contributed by atoms with Gasteiger partial charge in [0.15, 0.2) is 5.78 Å². The number of rotatable bonds is 4. The van der Waals surface area contributed by atoms with Crippen molar-refractivity contribution in [3.8, 4) is 5.75 Å². The predicted molar refractivity (Wildman–Crippen MR) is 127 cm³/mol. The number of benzene rings is 2. The molecule has 1 heterocycles. The molecule has 0 spiro atoms. The molecule has 0 unspecified atom stereocenters. The summed E-state index contributed by atoms with van der Waals surface area (Å²) >= 11 is 6.59. The Morgan fingerprint density at radius 3 is 2.53 bits per heavy atom. The number of halogens is 1. The molecule has 2 aromatic carbocycles. The molecule has 5 nitrogen and oxygen atoms in total. The molecule has 1 atom stereocenters. The maximum atomic E-state index is 13.6. The highest BCUT2D eigenvalue weighted by atomic mass is 35.5. The van der Waals surface area contributed by atoms with Crippen LogP contribution in [0.5, 0.6) is 5.75 Å². The van der Waals surface area contributed by atoms with Crippen LogP contribution in [0, 0.1) is 5.41 Å². The zero-order valence-electron chi connectivity index (χ0n) is 18.7. The minimum atomic E-state index is -0.543. The molecule has 1 aliphatic heterocycles. The van der Waals surface area contributed by atoms with Gasteiger partial charge in [-0.1, -0.05) is 55.8 Å². The highest BCUT2D eigenvalue weighted by Crippen LogP contribution is 2.48. The van der Waals surface area contributed by atoms with Crippen molar-refractivity contribution in [3.05, 3.63) is 81.7 Å². The Morgan fingerprint density at radius 1 is 1.12 bits per heavy atom. The first-order valence-electron chi connectivity index (χ1n) is 10.6. The van der Waals surface area contributed by atoms with Crippen molar-refractivity contribution in [2.45, 2.75) is 39.5 Å². The fourth-order valence-corrected chi connectivity index (χ4v) is 4.94. The Bertz CT molecular complexity index is 1160. The van der Waals surface area contributed by atoms with Crippen molar-refractivity contribution < 1.29 is 14.3 Å². The second kappa shape index (κ2) is 8.47. The topological polar surface area (TPSA) is 67.4 Å². The molecule has 2 aromatic rings. The van der Waals surface area contributed by atoms with Crippen molar-refractivity contribution in [3.63, 3.8) is 0 Å². The third-order valence-corrected chi connectivity index (χ3v) is 6.40. The first kappa shape index (κ1) is 22.2. The Hall–Kier alpha value is -3.05. The number of amides is 1. The number of ketones is 1. The van der Waals surface area contributed by atoms with Gasteiger partial charge in [-0.25, -0.2) is 0 Å². The molecule has 0 radical (unpaired) electrons. The minimum Gasteiger partial charge on any atom is -0.495 e. The van der Waals surface area contributed by atoms with Gasteiger partial charge in [-0.2, -0.15) is 0 Å². The number of nitrogens with one attached hydrogen (secondary N) is 2. The largest absolute Gasteiger partial charge is 0.495 e. The van der Waals surface area contributed by atoms with E-state index in [2.05, 4.69) is 24.5 Å². The Balaban J connectivity index is 1.83. The summed E-state index contributed by atoms with van der Waals surface area (Å²) in [7, 11) is 1.56. The lowest BCUT2D eigenvalue weighted by molar-refractivity contribution is -0.118. The molecular weight excluding hydrogens is 424 g/mol. The quantitative estimate of drug-likeness (QED) is 0.637. The van der Waals surface area contributed by atoms with E-state index in [1.54, 1.807) is 25.3 Å². The summed E-state index contributed by atoms with van der Waals surface area (Å²) in [6.07, 6.45) is 1.16. The summed E-state index contributed by atoms with van der Waals surface area (Å²) in [5.41, 5.74) is 3.87. The van der Waals surface area contributed by atoms with Crippen LogP contribution in [0.3, 0.4) is 0 Å². The van der Waals surface area contributed by atoms with Crippen LogP contribution in [0.1, 0.15) is 45.1 Å². The number of carbonyl (C=O) groups is 2. The highest BCUT2D eigenvalue weighted by Gasteiger charge is 2.43. The van der Waals surface area contributed by atoms with Crippen LogP contribution in [-0.4, -0.2) is 18.8 Å². The minimum absolute atomic E-state index is 0.0451. The van der Waals surface area contributed by atoms with Crippen molar-refractivity contribution >= 4 is 29.0 Å². The average molecular weight is 451 g/mol. The molecule has 1 aliphatic carbocycles. The number of methoxy groups -OCH3 is 1. The lowest BCUT2D eigenvalue weighted by Gasteiger charge is -2.39. The van der Waals surface area contributed by atoms with Crippen LogP contribution < -0.4 is 15.4 Å². The number of Topliss-reactive ketones (excluding diaryl/α,β-unsaturated/α-hetero) is 1. The van der Waals surface area contributed by atoms with Crippen molar-refractivity contribution in [1.82, 2.24) is 5.32 Å². The standard InChI is InChI=1S/C26H27ClN2O3/c1-15-22(25(31)29-18-11-7-8-12-21(18)32-4)23(16-9-5-6-10-17(16)27)24-19(28-15)13-26(2,3)14-20(24)30/h5-12,23,28H,13-14H2,1-4H3,(H,29,31)/t23-/m0/s1. The van der Waals surface area contributed by atoms with Gasteiger partial charge in [0.25, 0.3) is 5.91 Å². The van der Waals surface area contributed by atoms with E-state index in [9.17, 15) is 9.59 Å². The zero-order valence-corrected chi connectivity index (χ0v) is 19.5. The lowest BCUT2D eigenvalue weighted by atomic mass is 9.68. The van der Waals surface area contributed by atoms with Gasteiger partial charge in [-0.3, -0.25) is 9.59 Å². The fraction of sp³-hybridized carbons (Fsp3) is 0.308. The van der Waals surface area contributed by atoms with E-state index in [0.717, 1.165) is 17.7 Å². The van der Waals surface area contributed by atoms with Gasteiger partial charge in [0.2, 0.25) is 0 Å². The van der Waals surface area contributed by atoms with E-state index in [4.69, 9.17) is 16.3 Å². The first-order valence-corrected chi connectivity index (χ1v) is 11.0. The highest BCUT2D eigenvalue weighted by molar-refractivity contribution is 6.31. The van der Waals surface area contributed by atoms with Crippen LogP contribution in [0.4, 0.5) is 5.69 Å². The van der Waals surface area contributed by atoms with Crippen LogP contribution in [0.25, 0.3) is 0 Å². The average Bonchev–Trinajstić information content (AvgIpc) is 2.72. The maximum Gasteiger partial charge on any atom is 0.254 e. The number of carbonyl (C=O) groups excluding carboxylic acids is 2. The molecule has 2 aliphatic rings. The monoisotopic (exact) mass is 450 g/mol. The summed E-state index contributed by atoms with van der Waals surface area (Å²) in [5, 5.41) is 6.87. The van der Waals surface area contributed by atoms with E-state index >= 15 is 0 Å². The second-order valence-electron chi connectivity index (χ2n) is 9.11. The van der Waals surface area contributed by atoms with Gasteiger partial charge in [0, 0.05) is 39.9 Å². The maximum absolute atomic E-state index is 13.6. The molecule has 0 fully saturated rings. The lowest BCUT2D eigenvalue weighted by Crippen LogP contribution is -2.39. The van der Waals surface area contributed by atoms with Crippen molar-refractivity contribution in [1.29, 1.82) is 0 Å². The SMILES string of the molecule is COc1ccccc1NC(=O)C1=C(C)NC2=C(C(=O)CC(C)(C)C2)[C@H]1c1ccccc1Cl. The smallest absolute Gasteiger partial charge is 0.254 e. The number of hydrogen-bond donors (Lipinski definition) is 2. The molecule has 6 heteroatoms. The Kier molecular flexibility index (Phi) is 5.87. The third kappa shape index (κ3) is 4.05. The van der Waals surface area contributed by atoms with Crippen molar-refractivity contribution in [2.24, 2.45) is 5.41 Å². The molecule has 2 N–H and O–H groups in total. The summed E-state index contributed by atoms with van der Waals surface area (Å²) in [6.45, 7) is 6.05. The molecule has 166 valence electrons. The van der Waals surface area contributed by atoms with Gasteiger partial charge >= 0.3 is 0 Å². The Labute approximate surface area is 193 Å². The second-order valence-corrected chi connectivity index (χ2v) is 9.51. The first-order chi connectivity index (χ1) is 15.2. The van der Waals surface area contributed by atoms with E-state index in [-0.39, 0.29) is 17.1 Å². The molecular formula is C26H27ClN2O3. The predicted octanol–water partition coefficient (Wildman–Crippen LogP) is 5.59. The van der Waals surface area contributed by atoms with Gasteiger partial charge < -0.3 is 15.4 Å². The fourth-order valence-electron chi connectivity index (χ4n) is 4.69. The van der Waals surface area contributed by atoms with Gasteiger partial charge in [0.05, 0.1) is 12.8 Å². The molecule has 0 saturated carbocycles. The number of allylic oxidation sites excluding steroid dienone is 3. The molecule has 32 heavy (non-hydrogen) atoms. The van der Waals surface area contributed by atoms with E-state index in [1.807, 2.05) is 37.3 Å². The summed E-state index contributed by atoms with van der Waals surface area (Å²) < 4.78 is 5.39. The molecule has 0 aromatic heterocycles. The number of hydrogen-bond acceptors (Lipinski definition) is 4.